The molecule has 16 heavy (non-hydrogen) atoms. The van der Waals surface area contributed by atoms with Crippen LogP contribution in [0.3, 0.4) is 0 Å². The first-order chi connectivity index (χ1) is 7.50. The van der Waals surface area contributed by atoms with Gasteiger partial charge in [-0.2, -0.15) is 5.06 Å². The Morgan fingerprint density at radius 2 is 2.19 bits per heavy atom. The van der Waals surface area contributed by atoms with Crippen molar-refractivity contribution in [3.63, 3.8) is 0 Å². The van der Waals surface area contributed by atoms with E-state index in [2.05, 4.69) is 0 Å². The van der Waals surface area contributed by atoms with Gasteiger partial charge in [0.2, 0.25) is 0 Å². The molecular formula is C10H10F2N2O2. The van der Waals surface area contributed by atoms with Crippen molar-refractivity contribution in [2.45, 2.75) is 18.9 Å². The van der Waals surface area contributed by atoms with Crippen molar-refractivity contribution >= 4 is 11.6 Å². The highest BCUT2D eigenvalue weighted by atomic mass is 19.3. The van der Waals surface area contributed by atoms with E-state index in [9.17, 15) is 18.8 Å². The molecule has 86 valence electrons. The number of anilines is 1. The second-order valence-corrected chi connectivity index (χ2v) is 3.65. The number of hydroxylamine groups is 1. The van der Waals surface area contributed by atoms with Gasteiger partial charge in [-0.1, -0.05) is 6.07 Å². The number of benzene rings is 1. The summed E-state index contributed by atoms with van der Waals surface area (Å²) in [6.07, 6.45) is -2.42. The molecule has 0 saturated heterocycles. The highest BCUT2D eigenvalue weighted by Crippen LogP contribution is 2.30. The maximum atomic E-state index is 12.4. The Hall–Kier alpha value is -1.53. The van der Waals surface area contributed by atoms with Crippen molar-refractivity contribution in [1.82, 2.24) is 0 Å². The van der Waals surface area contributed by atoms with Gasteiger partial charge in [0.15, 0.2) is 0 Å². The second kappa shape index (κ2) is 3.80. The number of rotatable bonds is 1. The normalized spacial score (nSPS) is 20.2. The van der Waals surface area contributed by atoms with Gasteiger partial charge in [0.1, 0.15) is 0 Å². The molecule has 6 heteroatoms. The molecule has 0 saturated carbocycles. The molecule has 1 aliphatic rings. The molecule has 3 N–H and O–H groups in total. The SMILES string of the molecule is N[C@H]1Cc2cc(C(F)F)ccc2N(O)C1=O. The first-order valence-electron chi connectivity index (χ1n) is 4.70. The summed E-state index contributed by atoms with van der Waals surface area (Å²) in [6.45, 7) is 0. The molecule has 1 heterocycles. The summed E-state index contributed by atoms with van der Waals surface area (Å²) in [5.41, 5.74) is 6.00. The van der Waals surface area contributed by atoms with Crippen LogP contribution in [0.4, 0.5) is 14.5 Å². The molecule has 4 nitrogen and oxygen atoms in total. The monoisotopic (exact) mass is 228 g/mol. The third-order valence-corrected chi connectivity index (χ3v) is 2.55. The van der Waals surface area contributed by atoms with Gasteiger partial charge in [-0.15, -0.1) is 0 Å². The fourth-order valence-corrected chi connectivity index (χ4v) is 1.71. The Balaban J connectivity index is 2.45. The minimum Gasteiger partial charge on any atom is -0.320 e. The van der Waals surface area contributed by atoms with Gasteiger partial charge in [-0.3, -0.25) is 10.0 Å². The van der Waals surface area contributed by atoms with E-state index in [1.54, 1.807) is 0 Å². The smallest absolute Gasteiger partial charge is 0.267 e. The van der Waals surface area contributed by atoms with Crippen LogP contribution in [0.2, 0.25) is 0 Å². The van der Waals surface area contributed by atoms with Crippen molar-refractivity contribution in [2.24, 2.45) is 5.73 Å². The van der Waals surface area contributed by atoms with Crippen molar-refractivity contribution in [3.8, 4) is 0 Å². The minimum atomic E-state index is -2.58. The molecule has 1 atom stereocenters. The molecule has 2 rings (SSSR count). The number of hydrogen-bond acceptors (Lipinski definition) is 3. The Morgan fingerprint density at radius 1 is 1.50 bits per heavy atom. The molecule has 0 spiro atoms. The molecule has 0 fully saturated rings. The largest absolute Gasteiger partial charge is 0.320 e. The number of halogens is 2. The Kier molecular flexibility index (Phi) is 2.61. The zero-order valence-corrected chi connectivity index (χ0v) is 8.23. The van der Waals surface area contributed by atoms with Crippen LogP contribution in [0, 0.1) is 0 Å². The molecular weight excluding hydrogens is 218 g/mol. The summed E-state index contributed by atoms with van der Waals surface area (Å²) >= 11 is 0. The lowest BCUT2D eigenvalue weighted by molar-refractivity contribution is -0.125. The molecule has 0 aromatic heterocycles. The summed E-state index contributed by atoms with van der Waals surface area (Å²) in [6, 6.07) is 2.85. The van der Waals surface area contributed by atoms with Gasteiger partial charge in [-0.05, 0) is 24.1 Å². The van der Waals surface area contributed by atoms with E-state index in [0.717, 1.165) is 0 Å². The van der Waals surface area contributed by atoms with Crippen LogP contribution in [0.15, 0.2) is 18.2 Å². The number of hydrogen-bond donors (Lipinski definition) is 2. The standard InChI is InChI=1S/C10H10F2N2O2/c11-9(12)5-1-2-8-6(3-5)4-7(13)10(15)14(8)16/h1-3,7,9,16H,4,13H2/t7-/m0/s1. The number of nitrogens with zero attached hydrogens (tertiary/aromatic N) is 1. The molecule has 1 aromatic carbocycles. The van der Waals surface area contributed by atoms with Crippen molar-refractivity contribution < 1.29 is 18.8 Å². The fraction of sp³-hybridized carbons (Fsp3) is 0.300. The molecule has 1 aromatic rings. The maximum absolute atomic E-state index is 12.4. The van der Waals surface area contributed by atoms with Crippen LogP contribution in [-0.2, 0) is 11.2 Å². The van der Waals surface area contributed by atoms with E-state index in [0.29, 0.717) is 10.6 Å². The summed E-state index contributed by atoms with van der Waals surface area (Å²) in [5, 5.41) is 9.86. The first kappa shape index (κ1) is 11.0. The van der Waals surface area contributed by atoms with Crippen LogP contribution in [0.5, 0.6) is 0 Å². The Bertz CT molecular complexity index is 437. The lowest BCUT2D eigenvalue weighted by Gasteiger charge is -2.27. The lowest BCUT2D eigenvalue weighted by Crippen LogP contribution is -2.47. The van der Waals surface area contributed by atoms with E-state index in [4.69, 9.17) is 5.73 Å². The molecule has 0 bridgehead atoms. The van der Waals surface area contributed by atoms with E-state index < -0.39 is 18.4 Å². The average molecular weight is 228 g/mol. The highest BCUT2D eigenvalue weighted by Gasteiger charge is 2.30. The summed E-state index contributed by atoms with van der Waals surface area (Å²) in [4.78, 5) is 11.3. The van der Waals surface area contributed by atoms with Crippen LogP contribution in [0.1, 0.15) is 17.6 Å². The molecule has 1 amide bonds. The predicted molar refractivity (Wildman–Crippen MR) is 52.4 cm³/mol. The van der Waals surface area contributed by atoms with Crippen LogP contribution in [0.25, 0.3) is 0 Å². The van der Waals surface area contributed by atoms with Crippen molar-refractivity contribution in [1.29, 1.82) is 0 Å². The third kappa shape index (κ3) is 1.66. The van der Waals surface area contributed by atoms with Gasteiger partial charge in [0.25, 0.3) is 12.3 Å². The number of nitrogens with two attached hydrogens (primary N) is 1. The first-order valence-corrected chi connectivity index (χ1v) is 4.70. The number of carbonyl (C=O) groups excluding carboxylic acids is 1. The number of amides is 1. The fourth-order valence-electron chi connectivity index (χ4n) is 1.71. The molecule has 0 unspecified atom stereocenters. The minimum absolute atomic E-state index is 0.145. The van der Waals surface area contributed by atoms with E-state index in [1.165, 1.54) is 18.2 Å². The van der Waals surface area contributed by atoms with Gasteiger partial charge in [-0.25, -0.2) is 8.78 Å². The number of fused-ring (bicyclic) bond motifs is 1. The van der Waals surface area contributed by atoms with Crippen molar-refractivity contribution in [2.75, 3.05) is 5.06 Å². The zero-order valence-electron chi connectivity index (χ0n) is 8.23. The van der Waals surface area contributed by atoms with Gasteiger partial charge >= 0.3 is 0 Å². The summed E-state index contributed by atoms with van der Waals surface area (Å²) in [5.74, 6) is -0.628. The number of alkyl halides is 2. The second-order valence-electron chi connectivity index (χ2n) is 3.65. The average Bonchev–Trinajstić information content (AvgIpc) is 2.25. The van der Waals surface area contributed by atoms with Gasteiger partial charge in [0.05, 0.1) is 11.7 Å². The third-order valence-electron chi connectivity index (χ3n) is 2.55. The molecule has 1 aliphatic heterocycles. The van der Waals surface area contributed by atoms with Crippen LogP contribution < -0.4 is 10.8 Å². The Labute approximate surface area is 90.2 Å². The topological polar surface area (TPSA) is 66.6 Å². The van der Waals surface area contributed by atoms with Gasteiger partial charge < -0.3 is 5.73 Å². The molecule has 0 radical (unpaired) electrons. The summed E-state index contributed by atoms with van der Waals surface area (Å²) < 4.78 is 24.9. The van der Waals surface area contributed by atoms with E-state index in [-0.39, 0.29) is 17.7 Å². The van der Waals surface area contributed by atoms with E-state index in [1.807, 2.05) is 0 Å². The predicted octanol–water partition coefficient (Wildman–Crippen LogP) is 1.23. The van der Waals surface area contributed by atoms with Gasteiger partial charge in [0, 0.05) is 5.56 Å². The van der Waals surface area contributed by atoms with Crippen molar-refractivity contribution in [3.05, 3.63) is 29.3 Å². The quantitative estimate of drug-likeness (QED) is 0.710. The Morgan fingerprint density at radius 3 is 2.81 bits per heavy atom. The lowest BCUT2D eigenvalue weighted by atomic mass is 9.97. The van der Waals surface area contributed by atoms with Crippen LogP contribution >= 0.6 is 0 Å². The summed E-state index contributed by atoms with van der Waals surface area (Å²) in [7, 11) is 0. The maximum Gasteiger partial charge on any atom is 0.267 e. The molecule has 0 aliphatic carbocycles. The number of carbonyl (C=O) groups is 1. The zero-order chi connectivity index (χ0) is 11.9. The van der Waals surface area contributed by atoms with E-state index >= 15 is 0 Å². The van der Waals surface area contributed by atoms with Crippen LogP contribution in [-0.4, -0.2) is 17.2 Å². The highest BCUT2D eigenvalue weighted by molar-refractivity contribution is 5.98.